The van der Waals surface area contributed by atoms with Crippen molar-refractivity contribution in [1.82, 2.24) is 0 Å². The standard InChI is InChI=1S/C9H11NO4S/c1-15(12,13)14-8(9(10)11)7-5-3-2-4-6-7/h2-6,8H,1H3,(H2,10,11). The van der Waals surface area contributed by atoms with Gasteiger partial charge in [0.2, 0.25) is 0 Å². The summed E-state index contributed by atoms with van der Waals surface area (Å²) in [5, 5.41) is 0. The van der Waals surface area contributed by atoms with Crippen LogP contribution in [-0.2, 0) is 19.1 Å². The lowest BCUT2D eigenvalue weighted by Gasteiger charge is -2.12. The number of hydrogen-bond acceptors (Lipinski definition) is 4. The third-order valence-electron chi connectivity index (χ3n) is 1.63. The molecule has 1 atom stereocenters. The highest BCUT2D eigenvalue weighted by Crippen LogP contribution is 2.18. The van der Waals surface area contributed by atoms with Gasteiger partial charge in [-0.2, -0.15) is 8.42 Å². The molecule has 6 heteroatoms. The van der Waals surface area contributed by atoms with Crippen LogP contribution in [0.2, 0.25) is 0 Å². The van der Waals surface area contributed by atoms with Crippen LogP contribution in [0.5, 0.6) is 0 Å². The van der Waals surface area contributed by atoms with Crippen molar-refractivity contribution in [2.75, 3.05) is 6.26 Å². The summed E-state index contributed by atoms with van der Waals surface area (Å²) >= 11 is 0. The molecule has 0 bridgehead atoms. The molecule has 1 amide bonds. The van der Waals surface area contributed by atoms with E-state index in [0.717, 1.165) is 6.26 Å². The quantitative estimate of drug-likeness (QED) is 0.746. The van der Waals surface area contributed by atoms with E-state index in [0.29, 0.717) is 5.56 Å². The largest absolute Gasteiger partial charge is 0.367 e. The van der Waals surface area contributed by atoms with Crippen molar-refractivity contribution in [1.29, 1.82) is 0 Å². The van der Waals surface area contributed by atoms with E-state index in [9.17, 15) is 13.2 Å². The van der Waals surface area contributed by atoms with E-state index < -0.39 is 22.1 Å². The van der Waals surface area contributed by atoms with Crippen LogP contribution in [0.4, 0.5) is 0 Å². The maximum Gasteiger partial charge on any atom is 0.265 e. The van der Waals surface area contributed by atoms with Crippen LogP contribution in [0.15, 0.2) is 30.3 Å². The van der Waals surface area contributed by atoms with Crippen LogP contribution in [0.1, 0.15) is 11.7 Å². The molecule has 0 fully saturated rings. The predicted octanol–water partition coefficient (Wildman–Crippen LogP) is 0.189. The number of carbonyl (C=O) groups excluding carboxylic acids is 1. The molecule has 0 aliphatic rings. The van der Waals surface area contributed by atoms with Crippen molar-refractivity contribution in [3.05, 3.63) is 35.9 Å². The summed E-state index contributed by atoms with van der Waals surface area (Å²) in [5.74, 6) is -0.841. The lowest BCUT2D eigenvalue weighted by molar-refractivity contribution is -0.124. The summed E-state index contributed by atoms with van der Waals surface area (Å²) in [6.45, 7) is 0. The molecule has 0 aliphatic carbocycles. The Hall–Kier alpha value is -1.40. The van der Waals surface area contributed by atoms with Crippen LogP contribution < -0.4 is 5.73 Å². The third-order valence-corrected chi connectivity index (χ3v) is 2.17. The topological polar surface area (TPSA) is 86.5 Å². The van der Waals surface area contributed by atoms with Gasteiger partial charge >= 0.3 is 0 Å². The number of amides is 1. The van der Waals surface area contributed by atoms with Gasteiger partial charge in [0.05, 0.1) is 6.26 Å². The van der Waals surface area contributed by atoms with Gasteiger partial charge < -0.3 is 5.73 Å². The van der Waals surface area contributed by atoms with Crippen LogP contribution in [-0.4, -0.2) is 20.6 Å². The zero-order chi connectivity index (χ0) is 11.5. The molecule has 0 spiro atoms. The Morgan fingerprint density at radius 1 is 1.33 bits per heavy atom. The number of primary amides is 1. The average Bonchev–Trinajstić information content (AvgIpc) is 2.14. The zero-order valence-electron chi connectivity index (χ0n) is 8.08. The molecule has 0 radical (unpaired) electrons. The first-order valence-corrected chi connectivity index (χ1v) is 5.94. The molecule has 1 aromatic carbocycles. The molecule has 0 heterocycles. The second-order valence-corrected chi connectivity index (χ2v) is 4.59. The highest BCUT2D eigenvalue weighted by molar-refractivity contribution is 7.86. The van der Waals surface area contributed by atoms with Crippen molar-refractivity contribution in [2.45, 2.75) is 6.10 Å². The molecule has 2 N–H and O–H groups in total. The van der Waals surface area contributed by atoms with Crippen molar-refractivity contribution in [3.63, 3.8) is 0 Å². The van der Waals surface area contributed by atoms with Crippen molar-refractivity contribution >= 4 is 16.0 Å². The van der Waals surface area contributed by atoms with Crippen LogP contribution in [0, 0.1) is 0 Å². The lowest BCUT2D eigenvalue weighted by atomic mass is 10.1. The fourth-order valence-electron chi connectivity index (χ4n) is 1.07. The highest BCUT2D eigenvalue weighted by Gasteiger charge is 2.22. The van der Waals surface area contributed by atoms with Crippen LogP contribution >= 0.6 is 0 Å². The van der Waals surface area contributed by atoms with E-state index >= 15 is 0 Å². The van der Waals surface area contributed by atoms with E-state index in [4.69, 9.17) is 5.73 Å². The van der Waals surface area contributed by atoms with E-state index in [1.807, 2.05) is 0 Å². The molecular formula is C9H11NO4S. The minimum Gasteiger partial charge on any atom is -0.367 e. The fourth-order valence-corrected chi connectivity index (χ4v) is 1.63. The first kappa shape index (κ1) is 11.7. The monoisotopic (exact) mass is 229 g/mol. The molecular weight excluding hydrogens is 218 g/mol. The number of rotatable bonds is 4. The van der Waals surface area contributed by atoms with Gasteiger partial charge in [-0.05, 0) is 5.56 Å². The Balaban J connectivity index is 3.00. The third kappa shape index (κ3) is 3.69. The van der Waals surface area contributed by atoms with Gasteiger partial charge in [0, 0.05) is 0 Å². The van der Waals surface area contributed by atoms with Crippen molar-refractivity contribution < 1.29 is 17.4 Å². The van der Waals surface area contributed by atoms with Crippen molar-refractivity contribution in [2.24, 2.45) is 5.73 Å². The van der Waals surface area contributed by atoms with Gasteiger partial charge in [0.15, 0.2) is 6.10 Å². The number of carbonyl (C=O) groups is 1. The summed E-state index contributed by atoms with van der Waals surface area (Å²) in [6, 6.07) is 8.21. The normalized spacial score (nSPS) is 13.4. The summed E-state index contributed by atoms with van der Waals surface area (Å²) in [5.41, 5.74) is 5.46. The van der Waals surface area contributed by atoms with E-state index in [2.05, 4.69) is 4.18 Å². The second kappa shape index (κ2) is 4.41. The molecule has 0 aromatic heterocycles. The molecule has 0 aliphatic heterocycles. The Kier molecular flexibility index (Phi) is 3.43. The zero-order valence-corrected chi connectivity index (χ0v) is 8.90. The summed E-state index contributed by atoms with van der Waals surface area (Å²) < 4.78 is 26.4. The Morgan fingerprint density at radius 3 is 2.27 bits per heavy atom. The highest BCUT2D eigenvalue weighted by atomic mass is 32.2. The van der Waals surface area contributed by atoms with E-state index in [1.54, 1.807) is 30.3 Å². The Morgan fingerprint density at radius 2 is 1.87 bits per heavy atom. The minimum atomic E-state index is -3.72. The molecule has 0 saturated heterocycles. The summed E-state index contributed by atoms with van der Waals surface area (Å²) in [4.78, 5) is 11.0. The molecule has 15 heavy (non-hydrogen) atoms. The Labute approximate surface area is 88.0 Å². The fraction of sp³-hybridized carbons (Fsp3) is 0.222. The Bertz CT molecular complexity index is 440. The molecule has 1 aromatic rings. The van der Waals surface area contributed by atoms with Gasteiger partial charge in [-0.15, -0.1) is 0 Å². The first-order valence-electron chi connectivity index (χ1n) is 4.12. The number of hydrogen-bond donors (Lipinski definition) is 1. The molecule has 0 saturated carbocycles. The molecule has 82 valence electrons. The maximum absolute atomic E-state index is 11.0. The maximum atomic E-state index is 11.0. The summed E-state index contributed by atoms with van der Waals surface area (Å²) in [6.07, 6.45) is -0.396. The van der Waals surface area contributed by atoms with Crippen molar-refractivity contribution in [3.8, 4) is 0 Å². The lowest BCUT2D eigenvalue weighted by Crippen LogP contribution is -2.25. The minimum absolute atomic E-state index is 0.412. The average molecular weight is 229 g/mol. The predicted molar refractivity (Wildman–Crippen MR) is 54.3 cm³/mol. The second-order valence-electron chi connectivity index (χ2n) is 2.99. The van der Waals surface area contributed by atoms with Crippen LogP contribution in [0.3, 0.4) is 0 Å². The van der Waals surface area contributed by atoms with Gasteiger partial charge in [-0.1, -0.05) is 30.3 Å². The molecule has 1 rings (SSSR count). The van der Waals surface area contributed by atoms with Gasteiger partial charge in [-0.3, -0.25) is 8.98 Å². The first-order chi connectivity index (χ1) is 6.90. The summed E-state index contributed by atoms with van der Waals surface area (Å²) in [7, 11) is -3.72. The SMILES string of the molecule is CS(=O)(=O)OC(C(N)=O)c1ccccc1. The van der Waals surface area contributed by atoms with E-state index in [-0.39, 0.29) is 0 Å². The van der Waals surface area contributed by atoms with Gasteiger partial charge in [0.1, 0.15) is 0 Å². The molecule has 1 unspecified atom stereocenters. The van der Waals surface area contributed by atoms with E-state index in [1.165, 1.54) is 0 Å². The van der Waals surface area contributed by atoms with Gasteiger partial charge in [0.25, 0.3) is 16.0 Å². The van der Waals surface area contributed by atoms with Gasteiger partial charge in [-0.25, -0.2) is 0 Å². The number of benzene rings is 1. The molecule has 5 nitrogen and oxygen atoms in total. The smallest absolute Gasteiger partial charge is 0.265 e. The number of nitrogens with two attached hydrogens (primary N) is 1. The van der Waals surface area contributed by atoms with Crippen LogP contribution in [0.25, 0.3) is 0 Å².